The Morgan fingerprint density at radius 2 is 2.30 bits per heavy atom. The minimum Gasteiger partial charge on any atom is -0.350 e. The van der Waals surface area contributed by atoms with Gasteiger partial charge in [-0.25, -0.2) is 9.97 Å². The Balaban J connectivity index is 2.15. The molecule has 0 spiro atoms. The number of likely N-dealkylation sites (N-methyl/N-ethyl adjacent to an activating group) is 1. The molecule has 0 atom stereocenters. The fraction of sp³-hybridized carbons (Fsp3) is 0.308. The maximum atomic E-state index is 8.31. The third-order valence-corrected chi connectivity index (χ3v) is 3.94. The Labute approximate surface area is 124 Å². The highest BCUT2D eigenvalue weighted by Gasteiger charge is 2.28. The van der Waals surface area contributed by atoms with E-state index >= 15 is 0 Å². The van der Waals surface area contributed by atoms with Crippen molar-refractivity contribution in [3.8, 4) is 0 Å². The lowest BCUT2D eigenvalue weighted by molar-refractivity contribution is 0.445. The van der Waals surface area contributed by atoms with Crippen molar-refractivity contribution in [2.75, 3.05) is 25.0 Å². The first-order valence-electron chi connectivity index (χ1n) is 6.31. The van der Waals surface area contributed by atoms with E-state index in [9.17, 15) is 0 Å². The molecule has 0 saturated carbocycles. The van der Waals surface area contributed by atoms with E-state index in [1.165, 1.54) is 0 Å². The van der Waals surface area contributed by atoms with Crippen LogP contribution in [-0.2, 0) is 0 Å². The summed E-state index contributed by atoms with van der Waals surface area (Å²) in [6.07, 6.45) is 3.34. The second kappa shape index (κ2) is 4.99. The molecule has 3 rings (SSSR count). The van der Waals surface area contributed by atoms with Gasteiger partial charge in [-0.05, 0) is 29.0 Å². The molecule has 1 aliphatic rings. The first-order valence-corrected chi connectivity index (χ1v) is 7.10. The van der Waals surface area contributed by atoms with Gasteiger partial charge >= 0.3 is 0 Å². The number of anilines is 1. The van der Waals surface area contributed by atoms with E-state index in [1.54, 1.807) is 17.0 Å². The molecule has 0 radical (unpaired) electrons. The second-order valence-electron chi connectivity index (χ2n) is 4.72. The van der Waals surface area contributed by atoms with Crippen molar-refractivity contribution in [3.63, 3.8) is 0 Å². The largest absolute Gasteiger partial charge is 0.350 e. The van der Waals surface area contributed by atoms with Crippen LogP contribution in [0.4, 0.5) is 5.82 Å². The summed E-state index contributed by atoms with van der Waals surface area (Å²) in [6.45, 7) is 5.50. The predicted molar refractivity (Wildman–Crippen MR) is 82.5 cm³/mol. The van der Waals surface area contributed by atoms with Crippen molar-refractivity contribution in [1.82, 2.24) is 19.9 Å². The first kappa shape index (κ1) is 13.3. The van der Waals surface area contributed by atoms with Gasteiger partial charge in [0.15, 0.2) is 17.0 Å². The van der Waals surface area contributed by atoms with Crippen LogP contribution in [0.2, 0.25) is 0 Å². The van der Waals surface area contributed by atoms with Crippen LogP contribution in [0.3, 0.4) is 0 Å². The molecule has 0 aliphatic carbocycles. The van der Waals surface area contributed by atoms with Gasteiger partial charge in [-0.2, -0.15) is 0 Å². The van der Waals surface area contributed by atoms with Gasteiger partial charge in [0.05, 0.1) is 5.52 Å². The number of halogens is 1. The lowest BCUT2D eigenvalue weighted by Crippen LogP contribution is -2.58. The van der Waals surface area contributed by atoms with E-state index in [1.807, 2.05) is 13.1 Å². The molecular formula is C13H15BrN6. The molecular weight excluding hydrogens is 320 g/mol. The lowest BCUT2D eigenvalue weighted by Gasteiger charge is -2.39. The van der Waals surface area contributed by atoms with Gasteiger partial charge in [0.25, 0.3) is 0 Å². The van der Waals surface area contributed by atoms with Gasteiger partial charge in [0, 0.05) is 36.0 Å². The Morgan fingerprint density at radius 3 is 2.95 bits per heavy atom. The summed E-state index contributed by atoms with van der Waals surface area (Å²) < 4.78 is 2.57. The maximum absolute atomic E-state index is 8.31. The van der Waals surface area contributed by atoms with Crippen molar-refractivity contribution in [1.29, 1.82) is 5.41 Å². The summed E-state index contributed by atoms with van der Waals surface area (Å²) in [4.78, 5) is 10.9. The van der Waals surface area contributed by atoms with Crippen molar-refractivity contribution in [2.45, 2.75) is 6.04 Å². The monoisotopic (exact) mass is 334 g/mol. The van der Waals surface area contributed by atoms with E-state index in [-0.39, 0.29) is 0 Å². The number of pyridine rings is 1. The van der Waals surface area contributed by atoms with Crippen molar-refractivity contribution in [3.05, 3.63) is 28.8 Å². The number of hydrogen-bond donors (Lipinski definition) is 2. The summed E-state index contributed by atoms with van der Waals surface area (Å²) in [5.41, 5.74) is 1.72. The maximum Gasteiger partial charge on any atom is 0.178 e. The summed E-state index contributed by atoms with van der Waals surface area (Å²) in [5, 5.41) is 11.5. The molecule has 1 saturated heterocycles. The highest BCUT2D eigenvalue weighted by atomic mass is 79.9. The summed E-state index contributed by atoms with van der Waals surface area (Å²) in [6, 6.07) is 2.35. The molecule has 1 fully saturated rings. The second-order valence-corrected chi connectivity index (χ2v) is 5.64. The molecule has 2 N–H and O–H groups in total. The molecule has 20 heavy (non-hydrogen) atoms. The lowest BCUT2D eigenvalue weighted by atomic mass is 10.1. The number of rotatable bonds is 3. The highest BCUT2D eigenvalue weighted by molar-refractivity contribution is 9.10. The van der Waals surface area contributed by atoms with E-state index < -0.39 is 0 Å². The van der Waals surface area contributed by atoms with Crippen LogP contribution in [0.5, 0.6) is 0 Å². The van der Waals surface area contributed by atoms with Gasteiger partial charge in [-0.1, -0.05) is 6.58 Å². The predicted octanol–water partition coefficient (Wildman–Crippen LogP) is 1.18. The zero-order valence-corrected chi connectivity index (χ0v) is 12.7. The van der Waals surface area contributed by atoms with E-state index in [0.717, 1.165) is 23.1 Å². The fourth-order valence-electron chi connectivity index (χ4n) is 2.31. The molecule has 7 heteroatoms. The zero-order valence-electron chi connectivity index (χ0n) is 11.1. The van der Waals surface area contributed by atoms with Crippen molar-refractivity contribution >= 4 is 39.1 Å². The molecule has 2 aromatic heterocycles. The fourth-order valence-corrected chi connectivity index (χ4v) is 2.63. The molecule has 0 unspecified atom stereocenters. The van der Waals surface area contributed by atoms with Crippen LogP contribution >= 0.6 is 15.9 Å². The SMILES string of the molecule is C=Cn1c(=N)c(N2CC(NC)C2)nc2ncc(Br)cc21. The average molecular weight is 335 g/mol. The van der Waals surface area contributed by atoms with Crippen LogP contribution in [0.1, 0.15) is 0 Å². The van der Waals surface area contributed by atoms with Gasteiger partial charge in [0.2, 0.25) is 0 Å². The standard InChI is InChI=1S/C13H15BrN6/c1-3-20-10-4-8(14)5-17-12(10)18-13(11(20)15)19-6-9(7-19)16-2/h3-5,9,15-16H,1,6-7H2,2H3. The minimum absolute atomic E-state index is 0.335. The van der Waals surface area contributed by atoms with Crippen LogP contribution in [0.15, 0.2) is 23.3 Å². The summed E-state index contributed by atoms with van der Waals surface area (Å²) in [5.74, 6) is 0.652. The molecule has 0 amide bonds. The van der Waals surface area contributed by atoms with Crippen LogP contribution < -0.4 is 15.7 Å². The van der Waals surface area contributed by atoms with Gasteiger partial charge in [0.1, 0.15) is 0 Å². The number of fused-ring (bicyclic) bond motifs is 1. The van der Waals surface area contributed by atoms with E-state index in [2.05, 4.69) is 42.7 Å². The summed E-state index contributed by atoms with van der Waals surface area (Å²) in [7, 11) is 1.94. The molecule has 1 aliphatic heterocycles. The average Bonchev–Trinajstić information content (AvgIpc) is 2.38. The molecule has 2 aromatic rings. The quantitative estimate of drug-likeness (QED) is 0.884. The van der Waals surface area contributed by atoms with Gasteiger partial charge in [-0.15, -0.1) is 0 Å². The van der Waals surface area contributed by atoms with Gasteiger partial charge in [-0.3, -0.25) is 9.98 Å². The van der Waals surface area contributed by atoms with Crippen LogP contribution in [0, 0.1) is 5.41 Å². The topological polar surface area (TPSA) is 69.8 Å². The number of nitrogens with zero attached hydrogens (tertiary/aromatic N) is 4. The normalized spacial score (nSPS) is 15.4. The Morgan fingerprint density at radius 1 is 1.55 bits per heavy atom. The highest BCUT2D eigenvalue weighted by Crippen LogP contribution is 2.20. The third kappa shape index (κ3) is 2.03. The number of aromatic nitrogens is 3. The molecule has 3 heterocycles. The molecule has 0 aromatic carbocycles. The smallest absolute Gasteiger partial charge is 0.178 e. The van der Waals surface area contributed by atoms with Crippen LogP contribution in [0.25, 0.3) is 17.4 Å². The van der Waals surface area contributed by atoms with Crippen LogP contribution in [-0.4, -0.2) is 40.7 Å². The minimum atomic E-state index is 0.335. The zero-order chi connectivity index (χ0) is 14.3. The van der Waals surface area contributed by atoms with E-state index in [4.69, 9.17) is 5.41 Å². The number of hydrogen-bond acceptors (Lipinski definition) is 5. The van der Waals surface area contributed by atoms with Crippen molar-refractivity contribution < 1.29 is 0 Å². The van der Waals surface area contributed by atoms with Crippen molar-refractivity contribution in [2.24, 2.45) is 0 Å². The number of nitrogens with one attached hydrogen (secondary N) is 2. The Hall–Kier alpha value is -1.73. The molecule has 0 bridgehead atoms. The Kier molecular flexibility index (Phi) is 3.31. The first-order chi connectivity index (χ1) is 9.63. The summed E-state index contributed by atoms with van der Waals surface area (Å²) >= 11 is 3.39. The molecule has 104 valence electrons. The van der Waals surface area contributed by atoms with Gasteiger partial charge < -0.3 is 10.2 Å². The Bertz CT molecular complexity index is 731. The third-order valence-electron chi connectivity index (χ3n) is 3.51. The van der Waals surface area contributed by atoms with E-state index in [0.29, 0.717) is 23.0 Å². The molecule has 6 nitrogen and oxygen atoms in total.